The number of morpholine rings is 1. The molecule has 1 aliphatic heterocycles. The number of ether oxygens (including phenoxy) is 1. The van der Waals surface area contributed by atoms with Crippen molar-refractivity contribution in [3.8, 4) is 0 Å². The minimum atomic E-state index is 0.532. The summed E-state index contributed by atoms with van der Waals surface area (Å²) in [4.78, 5) is 13.7. The minimum absolute atomic E-state index is 0.532. The highest BCUT2D eigenvalue weighted by Gasteiger charge is 2.13. The first-order chi connectivity index (χ1) is 16.6. The molecule has 34 heavy (non-hydrogen) atoms. The zero-order chi connectivity index (χ0) is 23.3. The van der Waals surface area contributed by atoms with Gasteiger partial charge in [-0.05, 0) is 44.8 Å². The van der Waals surface area contributed by atoms with Crippen LogP contribution in [0.4, 0.5) is 17.3 Å². The van der Waals surface area contributed by atoms with Gasteiger partial charge >= 0.3 is 0 Å². The van der Waals surface area contributed by atoms with Gasteiger partial charge in [0, 0.05) is 37.7 Å². The lowest BCUT2D eigenvalue weighted by Gasteiger charge is -2.29. The smallest absolute Gasteiger partial charge is 0.229 e. The van der Waals surface area contributed by atoms with Gasteiger partial charge < -0.3 is 19.9 Å². The molecule has 1 aromatic carbocycles. The lowest BCUT2D eigenvalue weighted by Crippen LogP contribution is -2.36. The van der Waals surface area contributed by atoms with Crippen LogP contribution in [0.2, 0.25) is 0 Å². The molecule has 1 N–H and O–H groups in total. The number of hydrogen-bond acceptors (Lipinski definition) is 8. The van der Waals surface area contributed by atoms with E-state index in [4.69, 9.17) is 9.72 Å². The SMILES string of the molecule is CN(C)CCCn1cc(Nc2ncc3cnn(Cc4cccc(N5CCOCC5)c4)c3n2)cn1. The number of aromatic nitrogens is 6. The minimum Gasteiger partial charge on any atom is -0.378 e. The second-order valence-corrected chi connectivity index (χ2v) is 8.82. The van der Waals surface area contributed by atoms with Crippen molar-refractivity contribution in [1.29, 1.82) is 0 Å². The van der Waals surface area contributed by atoms with Crippen LogP contribution in [0.25, 0.3) is 11.0 Å². The summed E-state index contributed by atoms with van der Waals surface area (Å²) in [5.41, 5.74) is 4.07. The molecule has 0 saturated carbocycles. The Hall–Kier alpha value is -3.50. The van der Waals surface area contributed by atoms with Crippen LogP contribution in [0.5, 0.6) is 0 Å². The number of anilines is 3. The van der Waals surface area contributed by atoms with Crippen LogP contribution in [-0.4, -0.2) is 81.4 Å². The summed E-state index contributed by atoms with van der Waals surface area (Å²) in [6.45, 7) is 5.93. The Morgan fingerprint density at radius 1 is 1.09 bits per heavy atom. The zero-order valence-electron chi connectivity index (χ0n) is 19.8. The molecule has 4 aromatic rings. The molecular formula is C24H31N9O. The largest absolute Gasteiger partial charge is 0.378 e. The third-order valence-corrected chi connectivity index (χ3v) is 5.88. The Bertz CT molecular complexity index is 1230. The van der Waals surface area contributed by atoms with Crippen molar-refractivity contribution in [2.75, 3.05) is 57.2 Å². The molecule has 178 valence electrons. The van der Waals surface area contributed by atoms with E-state index in [-0.39, 0.29) is 0 Å². The van der Waals surface area contributed by atoms with E-state index in [0.717, 1.165) is 62.5 Å². The van der Waals surface area contributed by atoms with Gasteiger partial charge in [-0.25, -0.2) is 9.67 Å². The summed E-state index contributed by atoms with van der Waals surface area (Å²) in [6, 6.07) is 8.61. The monoisotopic (exact) mass is 461 g/mol. The fourth-order valence-electron chi connectivity index (χ4n) is 4.12. The lowest BCUT2D eigenvalue weighted by molar-refractivity contribution is 0.122. The Labute approximate surface area is 199 Å². The summed E-state index contributed by atoms with van der Waals surface area (Å²) >= 11 is 0. The summed E-state index contributed by atoms with van der Waals surface area (Å²) in [5, 5.41) is 13.2. The Morgan fingerprint density at radius 3 is 2.82 bits per heavy atom. The number of aryl methyl sites for hydroxylation is 1. The van der Waals surface area contributed by atoms with Gasteiger partial charge in [0.1, 0.15) is 0 Å². The zero-order valence-corrected chi connectivity index (χ0v) is 19.8. The van der Waals surface area contributed by atoms with Crippen LogP contribution in [0.1, 0.15) is 12.0 Å². The third kappa shape index (κ3) is 5.35. The average Bonchev–Trinajstić information content (AvgIpc) is 3.46. The first-order valence-electron chi connectivity index (χ1n) is 11.7. The summed E-state index contributed by atoms with van der Waals surface area (Å²) in [6.07, 6.45) is 8.45. The van der Waals surface area contributed by atoms with Gasteiger partial charge in [0.25, 0.3) is 0 Å². The summed E-state index contributed by atoms with van der Waals surface area (Å²) in [5.74, 6) is 0.532. The predicted octanol–water partition coefficient (Wildman–Crippen LogP) is 2.60. The van der Waals surface area contributed by atoms with Gasteiger partial charge in [-0.15, -0.1) is 0 Å². The third-order valence-electron chi connectivity index (χ3n) is 5.88. The van der Waals surface area contributed by atoms with E-state index in [0.29, 0.717) is 12.5 Å². The molecule has 1 aliphatic rings. The molecule has 3 aromatic heterocycles. The molecule has 10 heteroatoms. The van der Waals surface area contributed by atoms with Gasteiger partial charge in [-0.1, -0.05) is 12.1 Å². The molecular weight excluding hydrogens is 430 g/mol. The van der Waals surface area contributed by atoms with Gasteiger partial charge in [-0.2, -0.15) is 15.2 Å². The van der Waals surface area contributed by atoms with Crippen LogP contribution in [-0.2, 0) is 17.8 Å². The van der Waals surface area contributed by atoms with Crippen molar-refractivity contribution < 1.29 is 4.74 Å². The maximum Gasteiger partial charge on any atom is 0.229 e. The van der Waals surface area contributed by atoms with E-state index < -0.39 is 0 Å². The Balaban J connectivity index is 1.29. The molecule has 0 radical (unpaired) electrons. The molecule has 1 saturated heterocycles. The van der Waals surface area contributed by atoms with Crippen LogP contribution >= 0.6 is 0 Å². The van der Waals surface area contributed by atoms with Crippen LogP contribution in [0.15, 0.2) is 49.1 Å². The second-order valence-electron chi connectivity index (χ2n) is 8.82. The lowest BCUT2D eigenvalue weighted by atomic mass is 10.2. The summed E-state index contributed by atoms with van der Waals surface area (Å²) < 4.78 is 9.35. The molecule has 0 amide bonds. The first-order valence-corrected chi connectivity index (χ1v) is 11.7. The standard InChI is InChI=1S/C24H31N9O/c1-30(2)7-4-8-32-18-21(16-26-32)28-24-25-14-20-15-27-33(23(20)29-24)17-19-5-3-6-22(13-19)31-9-11-34-12-10-31/h3,5-6,13-16,18H,4,7-12,17H2,1-2H3,(H,25,28,29). The van der Waals surface area contributed by atoms with Gasteiger partial charge in [0.05, 0.1) is 43.2 Å². The van der Waals surface area contributed by atoms with Crippen LogP contribution < -0.4 is 10.2 Å². The number of hydrogen-bond donors (Lipinski definition) is 1. The quantitative estimate of drug-likeness (QED) is 0.407. The van der Waals surface area contributed by atoms with E-state index in [1.165, 1.54) is 11.3 Å². The van der Waals surface area contributed by atoms with E-state index in [9.17, 15) is 0 Å². The fourth-order valence-corrected chi connectivity index (χ4v) is 4.12. The van der Waals surface area contributed by atoms with E-state index in [2.05, 4.69) is 68.7 Å². The van der Waals surface area contributed by atoms with Crippen molar-refractivity contribution in [1.82, 2.24) is 34.4 Å². The second kappa shape index (κ2) is 10.2. The van der Waals surface area contributed by atoms with Gasteiger partial charge in [-0.3, -0.25) is 4.68 Å². The highest BCUT2D eigenvalue weighted by Crippen LogP contribution is 2.20. The molecule has 0 unspecified atom stereocenters. The molecule has 1 fully saturated rings. The maximum atomic E-state index is 5.48. The molecule has 0 aliphatic carbocycles. The van der Waals surface area contributed by atoms with Crippen LogP contribution in [0, 0.1) is 0 Å². The number of nitrogens with one attached hydrogen (secondary N) is 1. The van der Waals surface area contributed by atoms with Crippen molar-refractivity contribution in [2.45, 2.75) is 19.5 Å². The molecule has 0 atom stereocenters. The summed E-state index contributed by atoms with van der Waals surface area (Å²) in [7, 11) is 4.16. The Kier molecular flexibility index (Phi) is 6.68. The maximum absolute atomic E-state index is 5.48. The van der Waals surface area contributed by atoms with E-state index in [1.54, 1.807) is 12.4 Å². The van der Waals surface area contributed by atoms with E-state index >= 15 is 0 Å². The number of rotatable bonds is 9. The average molecular weight is 462 g/mol. The normalized spacial score (nSPS) is 14.3. The number of fused-ring (bicyclic) bond motifs is 1. The molecule has 0 bridgehead atoms. The van der Waals surface area contributed by atoms with Gasteiger partial charge in [0.2, 0.25) is 5.95 Å². The van der Waals surface area contributed by atoms with Gasteiger partial charge in [0.15, 0.2) is 5.65 Å². The predicted molar refractivity (Wildman–Crippen MR) is 133 cm³/mol. The van der Waals surface area contributed by atoms with Crippen molar-refractivity contribution in [2.24, 2.45) is 0 Å². The first kappa shape index (κ1) is 22.3. The fraction of sp³-hybridized carbons (Fsp3) is 0.417. The van der Waals surface area contributed by atoms with E-state index in [1.807, 2.05) is 21.8 Å². The molecule has 0 spiro atoms. The highest BCUT2D eigenvalue weighted by atomic mass is 16.5. The van der Waals surface area contributed by atoms with Crippen molar-refractivity contribution in [3.63, 3.8) is 0 Å². The highest BCUT2D eigenvalue weighted by molar-refractivity contribution is 5.75. The topological polar surface area (TPSA) is 89.2 Å². The Morgan fingerprint density at radius 2 is 1.97 bits per heavy atom. The van der Waals surface area contributed by atoms with Crippen molar-refractivity contribution in [3.05, 3.63) is 54.6 Å². The van der Waals surface area contributed by atoms with Crippen LogP contribution in [0.3, 0.4) is 0 Å². The number of benzene rings is 1. The molecule has 5 rings (SSSR count). The number of nitrogens with zero attached hydrogens (tertiary/aromatic N) is 8. The van der Waals surface area contributed by atoms with Crippen molar-refractivity contribution >= 4 is 28.4 Å². The molecule has 4 heterocycles. The molecule has 10 nitrogen and oxygen atoms in total.